The lowest BCUT2D eigenvalue weighted by molar-refractivity contribution is -0.133. The normalized spacial score (nSPS) is 17.0. The smallest absolute Gasteiger partial charge is 0.262 e. The van der Waals surface area contributed by atoms with Gasteiger partial charge in [-0.1, -0.05) is 30.3 Å². The maximum Gasteiger partial charge on any atom is 0.262 e. The van der Waals surface area contributed by atoms with E-state index in [9.17, 15) is 18.4 Å². The van der Waals surface area contributed by atoms with Crippen molar-refractivity contribution in [1.29, 1.82) is 0 Å². The minimum absolute atomic E-state index is 0.125. The van der Waals surface area contributed by atoms with Gasteiger partial charge in [-0.05, 0) is 36.4 Å². The van der Waals surface area contributed by atoms with Crippen LogP contribution in [0.1, 0.15) is 33.9 Å². The number of hydrogen-bond donors (Lipinski definition) is 0. The Morgan fingerprint density at radius 2 is 1.70 bits per heavy atom. The Balaban J connectivity index is 1.48. The van der Waals surface area contributed by atoms with E-state index < -0.39 is 29.5 Å². The van der Waals surface area contributed by atoms with E-state index in [2.05, 4.69) is 10.0 Å². The molecule has 2 heterocycles. The van der Waals surface area contributed by atoms with Crippen LogP contribution in [-0.4, -0.2) is 92.5 Å². The molecule has 0 bridgehead atoms. The number of morpholine rings is 1. The van der Waals surface area contributed by atoms with Crippen molar-refractivity contribution in [1.82, 2.24) is 14.8 Å². The van der Waals surface area contributed by atoms with Gasteiger partial charge in [0.1, 0.15) is 29.7 Å². The molecule has 2 aliphatic heterocycles. The van der Waals surface area contributed by atoms with Crippen LogP contribution in [0.15, 0.2) is 71.8 Å². The molecule has 1 fully saturated rings. The molecule has 0 N–H and O–H groups in total. The van der Waals surface area contributed by atoms with Gasteiger partial charge in [0, 0.05) is 43.7 Å². The Labute approximate surface area is 249 Å². The van der Waals surface area contributed by atoms with E-state index in [1.54, 1.807) is 42.5 Å². The highest BCUT2D eigenvalue weighted by molar-refractivity contribution is 6.04. The molecule has 0 saturated carbocycles. The van der Waals surface area contributed by atoms with Crippen LogP contribution in [0.5, 0.6) is 11.5 Å². The van der Waals surface area contributed by atoms with Crippen LogP contribution in [-0.2, 0) is 9.53 Å². The lowest BCUT2D eigenvalue weighted by Gasteiger charge is -2.31. The summed E-state index contributed by atoms with van der Waals surface area (Å²) in [7, 11) is 3.05. The van der Waals surface area contributed by atoms with Crippen molar-refractivity contribution >= 4 is 17.5 Å². The SMILES string of the molecule is COc1ccc(OC)c([C@@H]2CC(c3ccccc3F)=NN2C(=O)CN(CCN2CCOCC2)C(=O)c2ccccc2F)c1. The van der Waals surface area contributed by atoms with E-state index in [-0.39, 0.29) is 30.6 Å². The molecule has 43 heavy (non-hydrogen) atoms. The number of hydrogen-bond acceptors (Lipinski definition) is 7. The summed E-state index contributed by atoms with van der Waals surface area (Å²) in [6.45, 7) is 2.83. The van der Waals surface area contributed by atoms with Crippen LogP contribution in [0.2, 0.25) is 0 Å². The maximum atomic E-state index is 14.9. The zero-order chi connectivity index (χ0) is 30.3. The maximum absolute atomic E-state index is 14.9. The standard InChI is InChI=1S/C32H34F2N4O5/c1-41-22-11-12-30(42-2)25(19-22)29-20-28(23-7-3-5-9-26(23)33)35-38(29)31(39)21-37(14-13-36-15-17-43-18-16-36)32(40)24-8-4-6-10-27(24)34/h3-12,19,29H,13-18,20-21H2,1-2H3/t29-/m0/s1. The fourth-order valence-corrected chi connectivity index (χ4v) is 5.32. The van der Waals surface area contributed by atoms with Crippen LogP contribution >= 0.6 is 0 Å². The Hall–Kier alpha value is -4.35. The Kier molecular flexibility index (Phi) is 9.63. The third-order valence-electron chi connectivity index (χ3n) is 7.65. The van der Waals surface area contributed by atoms with E-state index in [4.69, 9.17) is 14.2 Å². The fraction of sp³-hybridized carbons (Fsp3) is 0.344. The van der Waals surface area contributed by atoms with Crippen molar-refractivity contribution in [2.75, 3.05) is 60.2 Å². The number of hydrazone groups is 1. The Bertz CT molecular complexity index is 1490. The molecule has 3 aromatic rings. The van der Waals surface area contributed by atoms with Crippen molar-refractivity contribution in [3.8, 4) is 11.5 Å². The third-order valence-corrected chi connectivity index (χ3v) is 7.65. The van der Waals surface area contributed by atoms with Crippen LogP contribution in [0.4, 0.5) is 8.78 Å². The second kappa shape index (κ2) is 13.7. The first-order valence-electron chi connectivity index (χ1n) is 14.1. The summed E-state index contributed by atoms with van der Waals surface area (Å²) in [6, 6.07) is 16.5. The summed E-state index contributed by atoms with van der Waals surface area (Å²) in [6.07, 6.45) is 0.200. The van der Waals surface area contributed by atoms with Crippen LogP contribution in [0.3, 0.4) is 0 Å². The van der Waals surface area contributed by atoms with Gasteiger partial charge in [0.25, 0.3) is 11.8 Å². The number of halogens is 2. The van der Waals surface area contributed by atoms with Crippen LogP contribution < -0.4 is 9.47 Å². The van der Waals surface area contributed by atoms with Crippen LogP contribution in [0, 0.1) is 11.6 Å². The second-order valence-corrected chi connectivity index (χ2v) is 10.3. The molecule has 1 saturated heterocycles. The minimum atomic E-state index is -0.670. The van der Waals surface area contributed by atoms with E-state index in [1.807, 2.05) is 0 Å². The summed E-state index contributed by atoms with van der Waals surface area (Å²) in [5, 5.41) is 5.86. The monoisotopic (exact) mass is 592 g/mol. The average Bonchev–Trinajstić information content (AvgIpc) is 3.48. The lowest BCUT2D eigenvalue weighted by atomic mass is 9.97. The molecule has 226 valence electrons. The molecule has 2 aliphatic rings. The number of rotatable bonds is 10. The van der Waals surface area contributed by atoms with Gasteiger partial charge in [0.2, 0.25) is 0 Å². The van der Waals surface area contributed by atoms with Crippen molar-refractivity contribution in [3.05, 3.63) is 95.1 Å². The average molecular weight is 593 g/mol. The molecule has 1 atom stereocenters. The molecule has 3 aromatic carbocycles. The molecule has 0 spiro atoms. The van der Waals surface area contributed by atoms with Crippen molar-refractivity contribution in [2.45, 2.75) is 12.5 Å². The number of nitrogens with zero attached hydrogens (tertiary/aromatic N) is 4. The topological polar surface area (TPSA) is 83.9 Å². The zero-order valence-electron chi connectivity index (χ0n) is 24.2. The van der Waals surface area contributed by atoms with E-state index >= 15 is 0 Å². The van der Waals surface area contributed by atoms with Gasteiger partial charge in [0.05, 0.1) is 44.8 Å². The van der Waals surface area contributed by atoms with Gasteiger partial charge in [0.15, 0.2) is 0 Å². The first-order valence-corrected chi connectivity index (χ1v) is 14.1. The van der Waals surface area contributed by atoms with Crippen molar-refractivity contribution < 1.29 is 32.6 Å². The zero-order valence-corrected chi connectivity index (χ0v) is 24.2. The Morgan fingerprint density at radius 1 is 0.977 bits per heavy atom. The van der Waals surface area contributed by atoms with Crippen LogP contribution in [0.25, 0.3) is 0 Å². The summed E-state index contributed by atoms with van der Waals surface area (Å²) in [4.78, 5) is 31.1. The number of amides is 2. The highest BCUT2D eigenvalue weighted by Crippen LogP contribution is 2.39. The fourth-order valence-electron chi connectivity index (χ4n) is 5.32. The number of ether oxygens (including phenoxy) is 3. The first-order chi connectivity index (χ1) is 20.9. The molecule has 9 nitrogen and oxygen atoms in total. The Morgan fingerprint density at radius 3 is 2.40 bits per heavy atom. The summed E-state index contributed by atoms with van der Waals surface area (Å²) >= 11 is 0. The highest BCUT2D eigenvalue weighted by Gasteiger charge is 2.37. The number of carbonyl (C=O) groups is 2. The molecule has 0 radical (unpaired) electrons. The number of carbonyl (C=O) groups excluding carboxylic acids is 2. The van der Waals surface area contributed by atoms with Crippen molar-refractivity contribution in [3.63, 3.8) is 0 Å². The van der Waals surface area contributed by atoms with Gasteiger partial charge in [-0.25, -0.2) is 13.8 Å². The molecular formula is C32H34F2N4O5. The number of benzene rings is 3. The largest absolute Gasteiger partial charge is 0.497 e. The van der Waals surface area contributed by atoms with Gasteiger partial charge in [-0.2, -0.15) is 5.10 Å². The number of methoxy groups -OCH3 is 2. The predicted molar refractivity (Wildman–Crippen MR) is 156 cm³/mol. The molecule has 11 heteroatoms. The molecule has 2 amide bonds. The molecular weight excluding hydrogens is 558 g/mol. The van der Waals surface area contributed by atoms with Gasteiger partial charge >= 0.3 is 0 Å². The first kappa shape index (κ1) is 30.1. The van der Waals surface area contributed by atoms with Gasteiger partial charge < -0.3 is 19.1 Å². The highest BCUT2D eigenvalue weighted by atomic mass is 19.1. The van der Waals surface area contributed by atoms with Gasteiger partial charge in [-0.3, -0.25) is 14.5 Å². The van der Waals surface area contributed by atoms with E-state index in [0.29, 0.717) is 55.6 Å². The third kappa shape index (κ3) is 6.84. The summed E-state index contributed by atoms with van der Waals surface area (Å²) in [5.41, 5.74) is 1.14. The predicted octanol–water partition coefficient (Wildman–Crippen LogP) is 4.13. The van der Waals surface area contributed by atoms with Crippen molar-refractivity contribution in [2.24, 2.45) is 5.10 Å². The quantitative estimate of drug-likeness (QED) is 0.352. The van der Waals surface area contributed by atoms with Gasteiger partial charge in [-0.15, -0.1) is 0 Å². The van der Waals surface area contributed by atoms with E-state index in [1.165, 1.54) is 48.4 Å². The lowest BCUT2D eigenvalue weighted by Crippen LogP contribution is -2.46. The summed E-state index contributed by atoms with van der Waals surface area (Å²) < 4.78 is 46.0. The molecule has 0 aliphatic carbocycles. The second-order valence-electron chi connectivity index (χ2n) is 10.3. The molecule has 5 rings (SSSR count). The summed E-state index contributed by atoms with van der Waals surface area (Å²) in [5.74, 6) is -1.20. The molecule has 0 unspecified atom stereocenters. The minimum Gasteiger partial charge on any atom is -0.497 e. The van der Waals surface area contributed by atoms with E-state index in [0.717, 1.165) is 0 Å². The molecule has 0 aromatic heterocycles.